The molecule has 1 aromatic rings. The molecule has 82 valence electrons. The van der Waals surface area contributed by atoms with Crippen molar-refractivity contribution < 1.29 is 14.3 Å². The molecule has 0 fully saturated rings. The number of para-hydroxylation sites is 1. The Balaban J connectivity index is 2.97. The summed E-state index contributed by atoms with van der Waals surface area (Å²) < 4.78 is 13.3. The molecule has 4 nitrogen and oxygen atoms in total. The minimum absolute atomic E-state index is 0.0693. The van der Waals surface area contributed by atoms with E-state index in [2.05, 4.69) is 0 Å². The molecule has 15 heavy (non-hydrogen) atoms. The Bertz CT molecular complexity index is 357. The van der Waals surface area contributed by atoms with E-state index in [0.29, 0.717) is 0 Å². The van der Waals surface area contributed by atoms with Crippen LogP contribution in [0.4, 0.5) is 10.1 Å². The summed E-state index contributed by atoms with van der Waals surface area (Å²) in [4.78, 5) is 12.1. The number of benzene rings is 1. The van der Waals surface area contributed by atoms with Crippen LogP contribution in [0.15, 0.2) is 24.3 Å². The molecular weight excluding hydrogens is 199 g/mol. The topological polar surface area (TPSA) is 66.6 Å². The van der Waals surface area contributed by atoms with E-state index in [1.807, 2.05) is 0 Å². The van der Waals surface area contributed by atoms with Gasteiger partial charge in [0.2, 0.25) is 0 Å². The molecule has 0 radical (unpaired) electrons. The molecule has 0 bridgehead atoms. The Morgan fingerprint density at radius 2 is 2.20 bits per heavy atom. The van der Waals surface area contributed by atoms with Crippen molar-refractivity contribution in [3.8, 4) is 0 Å². The third-order valence-electron chi connectivity index (χ3n) is 2.21. The van der Waals surface area contributed by atoms with Crippen LogP contribution in [0.2, 0.25) is 0 Å². The van der Waals surface area contributed by atoms with Gasteiger partial charge in [-0.1, -0.05) is 12.1 Å². The fourth-order valence-electron chi connectivity index (χ4n) is 1.33. The molecule has 0 spiro atoms. The molecule has 1 aromatic carbocycles. The van der Waals surface area contributed by atoms with E-state index >= 15 is 0 Å². The highest BCUT2D eigenvalue weighted by Gasteiger charge is 2.22. The van der Waals surface area contributed by atoms with Crippen LogP contribution < -0.4 is 10.6 Å². The molecule has 0 aromatic heterocycles. The lowest BCUT2D eigenvalue weighted by molar-refractivity contribution is -0.138. The SMILES string of the molecule is CN(c1ccccc1F)C(CN)C(=O)O. The van der Waals surface area contributed by atoms with Gasteiger partial charge in [-0.3, -0.25) is 0 Å². The second-order valence-electron chi connectivity index (χ2n) is 3.15. The largest absolute Gasteiger partial charge is 0.480 e. The van der Waals surface area contributed by atoms with Crippen LogP contribution in [0, 0.1) is 5.82 Å². The van der Waals surface area contributed by atoms with Crippen LogP contribution in [-0.4, -0.2) is 30.7 Å². The Kier molecular flexibility index (Phi) is 3.62. The summed E-state index contributed by atoms with van der Waals surface area (Å²) in [7, 11) is 1.50. The van der Waals surface area contributed by atoms with Gasteiger partial charge in [-0.05, 0) is 12.1 Å². The first-order valence-corrected chi connectivity index (χ1v) is 4.48. The molecule has 0 aliphatic heterocycles. The maximum absolute atomic E-state index is 13.3. The first-order chi connectivity index (χ1) is 7.07. The van der Waals surface area contributed by atoms with Crippen molar-refractivity contribution in [2.45, 2.75) is 6.04 Å². The van der Waals surface area contributed by atoms with Crippen LogP contribution in [-0.2, 0) is 4.79 Å². The summed E-state index contributed by atoms with van der Waals surface area (Å²) in [6, 6.07) is 5.07. The lowest BCUT2D eigenvalue weighted by Gasteiger charge is -2.25. The molecule has 1 atom stereocenters. The van der Waals surface area contributed by atoms with Crippen molar-refractivity contribution in [1.82, 2.24) is 0 Å². The fraction of sp³-hybridized carbons (Fsp3) is 0.300. The maximum Gasteiger partial charge on any atom is 0.327 e. The number of rotatable bonds is 4. The van der Waals surface area contributed by atoms with E-state index in [0.717, 1.165) is 0 Å². The minimum atomic E-state index is -1.07. The second kappa shape index (κ2) is 4.75. The van der Waals surface area contributed by atoms with Gasteiger partial charge in [-0.15, -0.1) is 0 Å². The number of hydrogen-bond acceptors (Lipinski definition) is 3. The summed E-state index contributed by atoms with van der Waals surface area (Å²) in [5.74, 6) is -1.53. The summed E-state index contributed by atoms with van der Waals surface area (Å²) in [5.41, 5.74) is 5.55. The van der Waals surface area contributed by atoms with E-state index in [1.165, 1.54) is 24.1 Å². The van der Waals surface area contributed by atoms with E-state index < -0.39 is 17.8 Å². The van der Waals surface area contributed by atoms with E-state index in [-0.39, 0.29) is 12.2 Å². The average molecular weight is 212 g/mol. The summed E-state index contributed by atoms with van der Waals surface area (Å²) in [6.07, 6.45) is 0. The van der Waals surface area contributed by atoms with E-state index in [1.54, 1.807) is 12.1 Å². The zero-order valence-corrected chi connectivity index (χ0v) is 8.35. The highest BCUT2D eigenvalue weighted by Crippen LogP contribution is 2.18. The van der Waals surface area contributed by atoms with Gasteiger partial charge in [-0.2, -0.15) is 0 Å². The monoisotopic (exact) mass is 212 g/mol. The summed E-state index contributed by atoms with van der Waals surface area (Å²) in [5, 5.41) is 8.85. The van der Waals surface area contributed by atoms with Crippen molar-refractivity contribution in [3.05, 3.63) is 30.1 Å². The second-order valence-corrected chi connectivity index (χ2v) is 3.15. The first kappa shape index (κ1) is 11.5. The van der Waals surface area contributed by atoms with Crippen LogP contribution in [0.1, 0.15) is 0 Å². The van der Waals surface area contributed by atoms with Crippen molar-refractivity contribution >= 4 is 11.7 Å². The van der Waals surface area contributed by atoms with Crippen molar-refractivity contribution in [2.75, 3.05) is 18.5 Å². The van der Waals surface area contributed by atoms with Gasteiger partial charge < -0.3 is 15.7 Å². The smallest absolute Gasteiger partial charge is 0.327 e. The first-order valence-electron chi connectivity index (χ1n) is 4.48. The zero-order valence-electron chi connectivity index (χ0n) is 8.35. The number of nitrogens with zero attached hydrogens (tertiary/aromatic N) is 1. The van der Waals surface area contributed by atoms with Crippen molar-refractivity contribution in [3.63, 3.8) is 0 Å². The van der Waals surface area contributed by atoms with Gasteiger partial charge in [0.15, 0.2) is 0 Å². The normalized spacial score (nSPS) is 12.2. The Morgan fingerprint density at radius 1 is 1.60 bits per heavy atom. The molecular formula is C10H13FN2O2. The molecule has 0 aliphatic carbocycles. The molecule has 5 heteroatoms. The van der Waals surface area contributed by atoms with Gasteiger partial charge in [0, 0.05) is 13.6 Å². The molecule has 0 aliphatic rings. The standard InChI is InChI=1S/C10H13FN2O2/c1-13(9(6-12)10(14)15)8-5-3-2-4-7(8)11/h2-5,9H,6,12H2,1H3,(H,14,15). The van der Waals surface area contributed by atoms with Gasteiger partial charge in [0.05, 0.1) is 5.69 Å². The third kappa shape index (κ3) is 2.44. The fourth-order valence-corrected chi connectivity index (χ4v) is 1.33. The van der Waals surface area contributed by atoms with Crippen LogP contribution in [0.5, 0.6) is 0 Å². The van der Waals surface area contributed by atoms with E-state index in [4.69, 9.17) is 10.8 Å². The predicted molar refractivity (Wildman–Crippen MR) is 55.3 cm³/mol. The molecule has 0 saturated heterocycles. The Morgan fingerprint density at radius 3 is 2.67 bits per heavy atom. The molecule has 0 saturated carbocycles. The van der Waals surface area contributed by atoms with Gasteiger partial charge in [0.1, 0.15) is 11.9 Å². The number of nitrogens with two attached hydrogens (primary N) is 1. The number of carboxylic acids is 1. The molecule has 1 unspecified atom stereocenters. The molecule has 0 amide bonds. The Hall–Kier alpha value is -1.62. The number of hydrogen-bond donors (Lipinski definition) is 2. The molecule has 1 rings (SSSR count). The van der Waals surface area contributed by atoms with Crippen LogP contribution in [0.3, 0.4) is 0 Å². The van der Waals surface area contributed by atoms with Crippen LogP contribution in [0.25, 0.3) is 0 Å². The average Bonchev–Trinajstić information content (AvgIpc) is 2.18. The number of halogens is 1. The number of carbonyl (C=O) groups is 1. The highest BCUT2D eigenvalue weighted by molar-refractivity contribution is 5.78. The number of anilines is 1. The van der Waals surface area contributed by atoms with Gasteiger partial charge in [0.25, 0.3) is 0 Å². The lowest BCUT2D eigenvalue weighted by Crippen LogP contribution is -2.44. The number of likely N-dealkylation sites (N-methyl/N-ethyl adjacent to an activating group) is 1. The maximum atomic E-state index is 13.3. The van der Waals surface area contributed by atoms with Crippen molar-refractivity contribution in [1.29, 1.82) is 0 Å². The third-order valence-corrected chi connectivity index (χ3v) is 2.21. The van der Waals surface area contributed by atoms with Crippen molar-refractivity contribution in [2.24, 2.45) is 5.73 Å². The predicted octanol–water partition coefficient (Wildman–Crippen LogP) is 0.674. The highest BCUT2D eigenvalue weighted by atomic mass is 19.1. The summed E-state index contributed by atoms with van der Waals surface area (Å²) >= 11 is 0. The van der Waals surface area contributed by atoms with Gasteiger partial charge in [-0.25, -0.2) is 9.18 Å². The number of aliphatic carboxylic acids is 1. The van der Waals surface area contributed by atoms with Gasteiger partial charge >= 0.3 is 5.97 Å². The number of carboxylic acid groups (broad SMARTS) is 1. The zero-order chi connectivity index (χ0) is 11.4. The van der Waals surface area contributed by atoms with Crippen LogP contribution >= 0.6 is 0 Å². The Labute approximate surface area is 87.1 Å². The van der Waals surface area contributed by atoms with E-state index in [9.17, 15) is 9.18 Å². The molecule has 0 heterocycles. The lowest BCUT2D eigenvalue weighted by atomic mass is 10.2. The quantitative estimate of drug-likeness (QED) is 0.770. The summed E-state index contributed by atoms with van der Waals surface area (Å²) in [6.45, 7) is -0.0693. The minimum Gasteiger partial charge on any atom is -0.480 e. The molecule has 3 N–H and O–H groups in total.